The fraction of sp³-hybridized carbons (Fsp3) is 0.389. The van der Waals surface area contributed by atoms with Gasteiger partial charge in [-0.1, -0.05) is 27.9 Å². The quantitative estimate of drug-likeness (QED) is 0.573. The minimum Gasteiger partial charge on any atom is -0.339 e. The standard InChI is InChI=1S/C18H21BrN6OS/c1-12-10-13(19)4-5-15(12)25-11-14-16(21-25)20-18(22(2)17(14)26)23-6-8-24(27-3)9-7-23/h4-5,10-11H,6-9H2,1-3H3. The van der Waals surface area contributed by atoms with Crippen molar-refractivity contribution in [1.29, 1.82) is 0 Å². The topological polar surface area (TPSA) is 59.2 Å². The van der Waals surface area contributed by atoms with Crippen LogP contribution in [0.5, 0.6) is 0 Å². The summed E-state index contributed by atoms with van der Waals surface area (Å²) in [5, 5.41) is 5.13. The fourth-order valence-electron chi connectivity index (χ4n) is 3.39. The molecule has 142 valence electrons. The molecule has 0 spiro atoms. The van der Waals surface area contributed by atoms with Crippen LogP contribution in [0.15, 0.2) is 33.7 Å². The Morgan fingerprint density at radius 1 is 1.19 bits per heavy atom. The molecule has 2 aromatic heterocycles. The zero-order valence-electron chi connectivity index (χ0n) is 15.5. The fourth-order valence-corrected chi connectivity index (χ4v) is 4.40. The van der Waals surface area contributed by atoms with E-state index in [0.29, 0.717) is 17.0 Å². The van der Waals surface area contributed by atoms with Crippen LogP contribution in [0, 0.1) is 6.92 Å². The lowest BCUT2D eigenvalue weighted by atomic mass is 10.2. The van der Waals surface area contributed by atoms with Gasteiger partial charge in [-0.05, 0) is 36.9 Å². The van der Waals surface area contributed by atoms with Gasteiger partial charge in [-0.2, -0.15) is 4.98 Å². The van der Waals surface area contributed by atoms with Gasteiger partial charge in [0.05, 0.1) is 5.69 Å². The maximum Gasteiger partial charge on any atom is 0.265 e. The number of halogens is 1. The van der Waals surface area contributed by atoms with Gasteiger partial charge in [0, 0.05) is 43.9 Å². The van der Waals surface area contributed by atoms with E-state index in [4.69, 9.17) is 4.98 Å². The molecule has 1 aliphatic heterocycles. The van der Waals surface area contributed by atoms with E-state index in [1.165, 1.54) is 0 Å². The minimum absolute atomic E-state index is 0.0664. The van der Waals surface area contributed by atoms with Crippen molar-refractivity contribution in [2.75, 3.05) is 37.3 Å². The summed E-state index contributed by atoms with van der Waals surface area (Å²) >= 11 is 5.24. The third-order valence-electron chi connectivity index (χ3n) is 4.92. The summed E-state index contributed by atoms with van der Waals surface area (Å²) in [7, 11) is 1.78. The highest BCUT2D eigenvalue weighted by Gasteiger charge is 2.22. The van der Waals surface area contributed by atoms with Crippen LogP contribution in [0.1, 0.15) is 5.56 Å². The molecule has 27 heavy (non-hydrogen) atoms. The van der Waals surface area contributed by atoms with E-state index in [9.17, 15) is 4.79 Å². The molecule has 9 heteroatoms. The van der Waals surface area contributed by atoms with Crippen molar-refractivity contribution in [3.63, 3.8) is 0 Å². The predicted molar refractivity (Wildman–Crippen MR) is 114 cm³/mol. The lowest BCUT2D eigenvalue weighted by Crippen LogP contribution is -2.45. The summed E-state index contributed by atoms with van der Waals surface area (Å²) in [6.45, 7) is 5.61. The monoisotopic (exact) mass is 448 g/mol. The van der Waals surface area contributed by atoms with Gasteiger partial charge < -0.3 is 4.90 Å². The maximum absolute atomic E-state index is 12.9. The number of aromatic nitrogens is 4. The molecule has 0 amide bonds. The van der Waals surface area contributed by atoms with Gasteiger partial charge in [0.2, 0.25) is 5.95 Å². The Balaban J connectivity index is 1.76. The number of fused-ring (bicyclic) bond motifs is 1. The number of anilines is 1. The number of benzene rings is 1. The van der Waals surface area contributed by atoms with Crippen molar-refractivity contribution in [3.8, 4) is 5.69 Å². The average molecular weight is 449 g/mol. The van der Waals surface area contributed by atoms with Gasteiger partial charge in [-0.3, -0.25) is 9.36 Å². The molecule has 7 nitrogen and oxygen atoms in total. The SMILES string of the molecule is CSN1CCN(c2nc3nn(-c4ccc(Br)cc4C)cc3c(=O)n2C)CC1. The first-order chi connectivity index (χ1) is 13.0. The summed E-state index contributed by atoms with van der Waals surface area (Å²) in [6.07, 6.45) is 3.86. The van der Waals surface area contributed by atoms with Crippen LogP contribution in [-0.2, 0) is 7.05 Å². The van der Waals surface area contributed by atoms with E-state index in [1.807, 2.05) is 25.1 Å². The molecule has 1 aromatic carbocycles. The molecule has 3 heterocycles. The van der Waals surface area contributed by atoms with Crippen LogP contribution in [0.25, 0.3) is 16.7 Å². The zero-order valence-corrected chi connectivity index (χ0v) is 17.9. The maximum atomic E-state index is 12.9. The molecular formula is C18H21BrN6OS. The predicted octanol–water partition coefficient (Wildman–Crippen LogP) is 2.59. The van der Waals surface area contributed by atoms with Gasteiger partial charge in [0.25, 0.3) is 5.56 Å². The molecule has 0 radical (unpaired) electrons. The van der Waals surface area contributed by atoms with E-state index in [1.54, 1.807) is 34.4 Å². The number of rotatable bonds is 3. The molecule has 0 aliphatic carbocycles. The minimum atomic E-state index is -0.0664. The van der Waals surface area contributed by atoms with Crippen molar-refractivity contribution < 1.29 is 0 Å². The smallest absolute Gasteiger partial charge is 0.265 e. The number of hydrogen-bond acceptors (Lipinski definition) is 6. The Bertz CT molecular complexity index is 1050. The summed E-state index contributed by atoms with van der Waals surface area (Å²) in [4.78, 5) is 19.8. The van der Waals surface area contributed by atoms with Crippen molar-refractivity contribution in [1.82, 2.24) is 23.6 Å². The van der Waals surface area contributed by atoms with Crippen molar-refractivity contribution >= 4 is 44.9 Å². The van der Waals surface area contributed by atoms with E-state index in [2.05, 4.69) is 36.5 Å². The van der Waals surface area contributed by atoms with E-state index in [-0.39, 0.29) is 5.56 Å². The van der Waals surface area contributed by atoms with Crippen LogP contribution < -0.4 is 10.5 Å². The molecule has 0 atom stereocenters. The number of hydrogen-bond donors (Lipinski definition) is 0. The molecule has 0 bridgehead atoms. The molecule has 4 rings (SSSR count). The highest BCUT2D eigenvalue weighted by atomic mass is 79.9. The summed E-state index contributed by atoms with van der Waals surface area (Å²) in [5.41, 5.74) is 2.43. The zero-order chi connectivity index (χ0) is 19.1. The highest BCUT2D eigenvalue weighted by molar-refractivity contribution is 9.10. The first kappa shape index (κ1) is 18.5. The average Bonchev–Trinajstić information content (AvgIpc) is 3.09. The molecule has 1 saturated heterocycles. The Labute approximate surface area is 170 Å². The van der Waals surface area contributed by atoms with Gasteiger partial charge in [0.15, 0.2) is 5.65 Å². The van der Waals surface area contributed by atoms with Crippen LogP contribution in [0.2, 0.25) is 0 Å². The number of nitrogens with zero attached hydrogens (tertiary/aromatic N) is 6. The van der Waals surface area contributed by atoms with E-state index < -0.39 is 0 Å². The second kappa shape index (κ2) is 7.29. The molecule has 0 saturated carbocycles. The molecule has 3 aromatic rings. The van der Waals surface area contributed by atoms with Gasteiger partial charge in [-0.25, -0.2) is 8.99 Å². The molecule has 0 N–H and O–H groups in total. The molecular weight excluding hydrogens is 428 g/mol. The van der Waals surface area contributed by atoms with Crippen molar-refractivity contribution in [2.24, 2.45) is 7.05 Å². The van der Waals surface area contributed by atoms with Crippen molar-refractivity contribution in [2.45, 2.75) is 6.92 Å². The normalized spacial score (nSPS) is 15.6. The van der Waals surface area contributed by atoms with Crippen molar-refractivity contribution in [3.05, 3.63) is 44.8 Å². The molecule has 1 aliphatic rings. The van der Waals surface area contributed by atoms with Gasteiger partial charge in [0.1, 0.15) is 5.39 Å². The highest BCUT2D eigenvalue weighted by Crippen LogP contribution is 2.22. The lowest BCUT2D eigenvalue weighted by molar-refractivity contribution is 0.424. The van der Waals surface area contributed by atoms with Gasteiger partial charge in [-0.15, -0.1) is 5.10 Å². The van der Waals surface area contributed by atoms with Gasteiger partial charge >= 0.3 is 0 Å². The third kappa shape index (κ3) is 3.39. The van der Waals surface area contributed by atoms with Crippen LogP contribution in [0.4, 0.5) is 5.95 Å². The van der Waals surface area contributed by atoms with E-state index in [0.717, 1.165) is 41.9 Å². The Hall–Kier alpha value is -1.84. The van der Waals surface area contributed by atoms with E-state index >= 15 is 0 Å². The largest absolute Gasteiger partial charge is 0.339 e. The summed E-state index contributed by atoms with van der Waals surface area (Å²) < 4.78 is 6.72. The summed E-state index contributed by atoms with van der Waals surface area (Å²) in [6, 6.07) is 5.99. The van der Waals surface area contributed by atoms with Crippen LogP contribution in [0.3, 0.4) is 0 Å². The molecule has 0 unspecified atom stereocenters. The Morgan fingerprint density at radius 3 is 2.59 bits per heavy atom. The number of aryl methyl sites for hydroxylation is 1. The van der Waals surface area contributed by atoms with Crippen LogP contribution in [-0.4, -0.2) is 56.1 Å². The first-order valence-electron chi connectivity index (χ1n) is 8.75. The first-order valence-corrected chi connectivity index (χ1v) is 10.7. The second-order valence-corrected chi connectivity index (χ2v) is 8.41. The Morgan fingerprint density at radius 2 is 1.93 bits per heavy atom. The third-order valence-corrected chi connectivity index (χ3v) is 6.30. The van der Waals surface area contributed by atoms with Crippen LogP contribution >= 0.6 is 27.9 Å². The Kier molecular flexibility index (Phi) is 5.00. The summed E-state index contributed by atoms with van der Waals surface area (Å²) in [5.74, 6) is 0.686. The second-order valence-electron chi connectivity index (χ2n) is 6.62. The number of piperazine rings is 1. The lowest BCUT2D eigenvalue weighted by Gasteiger charge is -2.34. The molecule has 1 fully saturated rings.